The van der Waals surface area contributed by atoms with Crippen LogP contribution in [0, 0.1) is 11.8 Å². The Morgan fingerprint density at radius 2 is 0.455 bits per heavy atom. The van der Waals surface area contributed by atoms with Crippen LogP contribution in [0.4, 0.5) is 0 Å². The van der Waals surface area contributed by atoms with Gasteiger partial charge in [-0.2, -0.15) is 0 Å². The second-order valence-electron chi connectivity index (χ2n) is 7.62. The average Bonchev–Trinajstić information content (AvgIpc) is 3.35. The van der Waals surface area contributed by atoms with E-state index in [0.29, 0.717) is 0 Å². The summed E-state index contributed by atoms with van der Waals surface area (Å²) in [6.07, 6.45) is 27.4. The monoisotopic (exact) mass is 390 g/mol. The van der Waals surface area contributed by atoms with Crippen LogP contribution in [0.1, 0.15) is 116 Å². The molecule has 4 fully saturated rings. The summed E-state index contributed by atoms with van der Waals surface area (Å²) >= 11 is 0. The van der Waals surface area contributed by atoms with Crippen molar-refractivity contribution in [2.45, 2.75) is 116 Å². The Bertz CT molecular complexity index is 171. The van der Waals surface area contributed by atoms with E-state index in [1.807, 2.05) is 0 Å². The van der Waals surface area contributed by atoms with E-state index in [2.05, 4.69) is 0 Å². The molecule has 2 heteroatoms. The largest absolute Gasteiger partial charge is 0.0533 e. The Balaban J connectivity index is 0.000000316. The Labute approximate surface area is 161 Å². The molecule has 4 aliphatic rings. The molecule has 0 aromatic heterocycles. The predicted molar refractivity (Wildman–Crippen MR) is 90.1 cm³/mol. The van der Waals surface area contributed by atoms with Gasteiger partial charge in [0.05, 0.1) is 0 Å². The maximum atomic E-state index is 1.56. The van der Waals surface area contributed by atoms with Crippen molar-refractivity contribution in [2.75, 3.05) is 0 Å². The summed E-state index contributed by atoms with van der Waals surface area (Å²) in [5, 5.41) is 0. The minimum atomic E-state index is 0. The summed E-state index contributed by atoms with van der Waals surface area (Å²) in [6, 6.07) is 0. The van der Waals surface area contributed by atoms with Gasteiger partial charge in [-0.3, -0.25) is 0 Å². The maximum absolute atomic E-state index is 1.56. The van der Waals surface area contributed by atoms with Crippen LogP contribution in [-0.2, 0) is 34.1 Å². The Hall–Kier alpha value is 1.04. The molecule has 22 heavy (non-hydrogen) atoms. The molecule has 0 aromatic carbocycles. The first-order chi connectivity index (χ1) is 9.97. The fraction of sp³-hybridized carbons (Fsp3) is 1.00. The molecule has 0 aliphatic heterocycles. The molecule has 4 aliphatic carbocycles. The van der Waals surface area contributed by atoms with Gasteiger partial charge in [-0.15, -0.1) is 0 Å². The third-order valence-corrected chi connectivity index (χ3v) is 5.97. The molecule has 0 unspecified atom stereocenters. The molecule has 0 heterocycles. The molecule has 0 aromatic rings. The molecule has 134 valence electrons. The van der Waals surface area contributed by atoms with Gasteiger partial charge in [0.1, 0.15) is 0 Å². The van der Waals surface area contributed by atoms with Crippen LogP contribution >= 0.6 is 0 Å². The molecular formula is C20H38Fe2. The van der Waals surface area contributed by atoms with Gasteiger partial charge in [-0.05, 0) is 11.8 Å². The average molecular weight is 390 g/mol. The first-order valence-corrected chi connectivity index (χ1v) is 9.97. The van der Waals surface area contributed by atoms with Gasteiger partial charge in [-0.25, -0.2) is 0 Å². The summed E-state index contributed by atoms with van der Waals surface area (Å²) in [7, 11) is 0. The molecule has 0 spiro atoms. The molecule has 0 amide bonds. The molecule has 4 saturated carbocycles. The zero-order valence-electron chi connectivity index (χ0n) is 14.6. The number of hydrogen-bond donors (Lipinski definition) is 0. The molecule has 0 atom stereocenters. The van der Waals surface area contributed by atoms with Gasteiger partial charge in [0.15, 0.2) is 0 Å². The van der Waals surface area contributed by atoms with Crippen LogP contribution in [0.2, 0.25) is 0 Å². The van der Waals surface area contributed by atoms with E-state index in [1.54, 1.807) is 25.7 Å². The Morgan fingerprint density at radius 3 is 0.636 bits per heavy atom. The van der Waals surface area contributed by atoms with Crippen molar-refractivity contribution in [3.05, 3.63) is 0 Å². The van der Waals surface area contributed by atoms with Crippen LogP contribution in [0.3, 0.4) is 0 Å². The molecule has 0 N–H and O–H groups in total. The van der Waals surface area contributed by atoms with Crippen molar-refractivity contribution in [1.82, 2.24) is 0 Å². The molecule has 0 saturated heterocycles. The van der Waals surface area contributed by atoms with Crippen LogP contribution in [0.25, 0.3) is 0 Å². The van der Waals surface area contributed by atoms with E-state index in [0.717, 1.165) is 11.8 Å². The van der Waals surface area contributed by atoms with E-state index in [-0.39, 0.29) is 34.1 Å². The third-order valence-electron chi connectivity index (χ3n) is 5.97. The summed E-state index contributed by atoms with van der Waals surface area (Å²) in [5.74, 6) is 2.31. The topological polar surface area (TPSA) is 0 Å². The smallest absolute Gasteiger partial charge is 0 e. The van der Waals surface area contributed by atoms with Crippen LogP contribution in [-0.4, -0.2) is 0 Å². The Morgan fingerprint density at radius 1 is 0.273 bits per heavy atom. The van der Waals surface area contributed by atoms with E-state index >= 15 is 0 Å². The number of hydrogen-bond acceptors (Lipinski definition) is 0. The SMILES string of the molecule is C1CCC(C2CCCC2)C1.C1CCCC1.C1CCCC1.[Fe].[Fe]. The quantitative estimate of drug-likeness (QED) is 0.413. The van der Waals surface area contributed by atoms with Gasteiger partial charge >= 0.3 is 0 Å². The second-order valence-corrected chi connectivity index (χ2v) is 7.62. The summed E-state index contributed by atoms with van der Waals surface area (Å²) in [5.41, 5.74) is 0. The van der Waals surface area contributed by atoms with E-state index < -0.39 is 0 Å². The van der Waals surface area contributed by atoms with Gasteiger partial charge < -0.3 is 0 Å². The molecule has 0 radical (unpaired) electrons. The molecule has 4 rings (SSSR count). The van der Waals surface area contributed by atoms with E-state index in [4.69, 9.17) is 0 Å². The Kier molecular flexibility index (Phi) is 16.3. The predicted octanol–water partition coefficient (Wildman–Crippen LogP) is 7.26. The fourth-order valence-electron chi connectivity index (χ4n) is 4.63. The number of rotatable bonds is 1. The molecule has 0 bridgehead atoms. The molecule has 0 nitrogen and oxygen atoms in total. The third kappa shape index (κ3) is 10.0. The van der Waals surface area contributed by atoms with Crippen molar-refractivity contribution < 1.29 is 34.1 Å². The standard InChI is InChI=1S/C10H18.2C5H10.2Fe/c1-2-6-9(5-1)10-7-3-4-8-10;2*1-2-4-5-3-1;;/h9-10H,1-8H2;2*1-5H2;;. The van der Waals surface area contributed by atoms with E-state index in [9.17, 15) is 0 Å². The van der Waals surface area contributed by atoms with Gasteiger partial charge in [-0.1, -0.05) is 116 Å². The van der Waals surface area contributed by atoms with Gasteiger partial charge in [0.2, 0.25) is 0 Å². The van der Waals surface area contributed by atoms with Gasteiger partial charge in [0, 0.05) is 34.1 Å². The van der Waals surface area contributed by atoms with Crippen LogP contribution in [0.15, 0.2) is 0 Å². The first-order valence-electron chi connectivity index (χ1n) is 9.97. The summed E-state index contributed by atoms with van der Waals surface area (Å²) in [4.78, 5) is 0. The maximum Gasteiger partial charge on any atom is 0 e. The minimum absolute atomic E-state index is 0. The second kappa shape index (κ2) is 15.6. The van der Waals surface area contributed by atoms with Crippen molar-refractivity contribution in [1.29, 1.82) is 0 Å². The summed E-state index contributed by atoms with van der Waals surface area (Å²) < 4.78 is 0. The minimum Gasteiger partial charge on any atom is -0.0533 e. The zero-order chi connectivity index (χ0) is 13.9. The van der Waals surface area contributed by atoms with Crippen molar-refractivity contribution in [3.8, 4) is 0 Å². The molecular weight excluding hydrogens is 352 g/mol. The van der Waals surface area contributed by atoms with Crippen molar-refractivity contribution in [2.24, 2.45) is 11.8 Å². The van der Waals surface area contributed by atoms with Crippen LogP contribution in [0.5, 0.6) is 0 Å². The van der Waals surface area contributed by atoms with E-state index in [1.165, 1.54) is 89.9 Å². The normalized spacial score (nSPS) is 24.5. The fourth-order valence-corrected chi connectivity index (χ4v) is 4.63. The summed E-state index contributed by atoms with van der Waals surface area (Å²) in [6.45, 7) is 0. The van der Waals surface area contributed by atoms with Crippen molar-refractivity contribution in [3.63, 3.8) is 0 Å². The van der Waals surface area contributed by atoms with Crippen LogP contribution < -0.4 is 0 Å². The van der Waals surface area contributed by atoms with Gasteiger partial charge in [0.25, 0.3) is 0 Å². The first kappa shape index (κ1) is 23.0. The van der Waals surface area contributed by atoms with Crippen molar-refractivity contribution >= 4 is 0 Å². The zero-order valence-corrected chi connectivity index (χ0v) is 16.8.